The molecule has 0 amide bonds. The molecule has 27 heavy (non-hydrogen) atoms. The molecule has 5 heteroatoms. The number of benzene rings is 2. The first kappa shape index (κ1) is 21.0. The van der Waals surface area contributed by atoms with E-state index in [4.69, 9.17) is 5.73 Å². The largest absolute Gasteiger partial charge is 0.397 e. The molecule has 2 aromatic carbocycles. The topological polar surface area (TPSA) is 41.3 Å². The van der Waals surface area contributed by atoms with Crippen molar-refractivity contribution in [1.29, 1.82) is 0 Å². The Bertz CT molecular complexity index is 760. The van der Waals surface area contributed by atoms with Crippen LogP contribution in [-0.4, -0.2) is 13.1 Å². The van der Waals surface area contributed by atoms with Crippen molar-refractivity contribution in [2.45, 2.75) is 47.5 Å². The molecule has 1 aliphatic heterocycles. The number of nitrogen functional groups attached to an aromatic ring is 1. The van der Waals surface area contributed by atoms with Crippen LogP contribution >= 0.6 is 0 Å². The van der Waals surface area contributed by atoms with Crippen LogP contribution in [0.2, 0.25) is 0 Å². The van der Waals surface area contributed by atoms with Gasteiger partial charge in [0.2, 0.25) is 0 Å². The van der Waals surface area contributed by atoms with E-state index in [-0.39, 0.29) is 16.9 Å². The smallest absolute Gasteiger partial charge is 0.154 e. The Morgan fingerprint density at radius 1 is 1.04 bits per heavy atom. The molecule has 3 nitrogen and oxygen atoms in total. The Labute approximate surface area is 161 Å². The summed E-state index contributed by atoms with van der Waals surface area (Å²) in [6, 6.07) is 8.97. The predicted molar refractivity (Wildman–Crippen MR) is 112 cm³/mol. The molecule has 0 saturated carbocycles. The number of hydrogen-bond donors (Lipinski definition) is 2. The summed E-state index contributed by atoms with van der Waals surface area (Å²) >= 11 is 0. The average Bonchev–Trinajstić information content (AvgIpc) is 2.66. The normalized spacial score (nSPS) is 15.7. The lowest BCUT2D eigenvalue weighted by Gasteiger charge is -2.38. The van der Waals surface area contributed by atoms with Gasteiger partial charge in [-0.3, -0.25) is 0 Å². The summed E-state index contributed by atoms with van der Waals surface area (Å²) in [7, 11) is 0. The number of halogens is 2. The molecule has 1 fully saturated rings. The standard InChI is InChI=1S/C20H25F2N3.C2H6/c1-13-16(21)12-17(23)19(18(13)22)24-14-4-6-15(7-5-14)25-10-8-20(2,3)9-11-25;1-2/h4-7,12,24H,8-11,23H2,1-3H3;1-2H3. The molecular weight excluding hydrogens is 344 g/mol. The van der Waals surface area contributed by atoms with E-state index in [2.05, 4.69) is 24.1 Å². The van der Waals surface area contributed by atoms with Gasteiger partial charge in [0, 0.05) is 30.0 Å². The van der Waals surface area contributed by atoms with Crippen molar-refractivity contribution in [3.63, 3.8) is 0 Å². The number of rotatable bonds is 3. The quantitative estimate of drug-likeness (QED) is 0.623. The zero-order valence-corrected chi connectivity index (χ0v) is 17.0. The molecule has 1 heterocycles. The van der Waals surface area contributed by atoms with E-state index in [1.807, 2.05) is 38.1 Å². The van der Waals surface area contributed by atoms with Crippen LogP contribution in [-0.2, 0) is 0 Å². The third-order valence-corrected chi connectivity index (χ3v) is 5.10. The Balaban J connectivity index is 0.00000126. The molecule has 148 valence electrons. The van der Waals surface area contributed by atoms with Gasteiger partial charge in [0.15, 0.2) is 5.82 Å². The summed E-state index contributed by atoms with van der Waals surface area (Å²) in [6.45, 7) is 12.1. The van der Waals surface area contributed by atoms with Crippen LogP contribution in [0.5, 0.6) is 0 Å². The van der Waals surface area contributed by atoms with Gasteiger partial charge >= 0.3 is 0 Å². The highest BCUT2D eigenvalue weighted by Crippen LogP contribution is 2.34. The van der Waals surface area contributed by atoms with E-state index in [1.54, 1.807) is 0 Å². The maximum atomic E-state index is 14.3. The number of piperidine rings is 1. The number of nitrogens with one attached hydrogen (secondary N) is 1. The van der Waals surface area contributed by atoms with Gasteiger partial charge in [-0.2, -0.15) is 0 Å². The summed E-state index contributed by atoms with van der Waals surface area (Å²) in [5.74, 6) is -1.29. The van der Waals surface area contributed by atoms with E-state index in [1.165, 1.54) is 19.8 Å². The van der Waals surface area contributed by atoms with Crippen molar-refractivity contribution < 1.29 is 8.78 Å². The summed E-state index contributed by atoms with van der Waals surface area (Å²) in [5, 5.41) is 2.97. The van der Waals surface area contributed by atoms with Crippen LogP contribution in [0.1, 0.15) is 46.1 Å². The molecule has 0 radical (unpaired) electrons. The number of nitrogens with zero attached hydrogens (tertiary/aromatic N) is 1. The van der Waals surface area contributed by atoms with Crippen LogP contribution in [0.3, 0.4) is 0 Å². The van der Waals surface area contributed by atoms with Crippen LogP contribution in [0, 0.1) is 24.0 Å². The molecule has 0 atom stereocenters. The zero-order valence-electron chi connectivity index (χ0n) is 17.0. The molecule has 3 N–H and O–H groups in total. The maximum Gasteiger partial charge on any atom is 0.154 e. The summed E-state index contributed by atoms with van der Waals surface area (Å²) < 4.78 is 27.8. The minimum Gasteiger partial charge on any atom is -0.397 e. The Kier molecular flexibility index (Phi) is 6.68. The van der Waals surface area contributed by atoms with Crippen LogP contribution in [0.15, 0.2) is 30.3 Å². The van der Waals surface area contributed by atoms with Gasteiger partial charge in [0.05, 0.1) is 11.4 Å². The van der Waals surface area contributed by atoms with Gasteiger partial charge < -0.3 is 16.0 Å². The second-order valence-electron chi connectivity index (χ2n) is 7.58. The first-order valence-electron chi connectivity index (χ1n) is 9.63. The van der Waals surface area contributed by atoms with E-state index >= 15 is 0 Å². The minimum atomic E-state index is -0.653. The van der Waals surface area contributed by atoms with Crippen molar-refractivity contribution in [1.82, 2.24) is 0 Å². The lowest BCUT2D eigenvalue weighted by molar-refractivity contribution is 0.280. The molecule has 2 aromatic rings. The van der Waals surface area contributed by atoms with E-state index in [9.17, 15) is 8.78 Å². The van der Waals surface area contributed by atoms with Crippen LogP contribution in [0.4, 0.5) is 31.5 Å². The van der Waals surface area contributed by atoms with E-state index in [0.717, 1.165) is 30.5 Å². The first-order chi connectivity index (χ1) is 12.8. The summed E-state index contributed by atoms with van der Waals surface area (Å²) in [4.78, 5) is 2.37. The monoisotopic (exact) mass is 375 g/mol. The number of hydrogen-bond acceptors (Lipinski definition) is 3. The van der Waals surface area contributed by atoms with Crippen LogP contribution < -0.4 is 16.0 Å². The van der Waals surface area contributed by atoms with E-state index in [0.29, 0.717) is 5.41 Å². The maximum absolute atomic E-state index is 14.3. The van der Waals surface area contributed by atoms with Gasteiger partial charge in [0.1, 0.15) is 5.82 Å². The Hall–Kier alpha value is -2.30. The van der Waals surface area contributed by atoms with Crippen molar-refractivity contribution >= 4 is 22.7 Å². The molecule has 0 unspecified atom stereocenters. The fourth-order valence-corrected chi connectivity index (χ4v) is 3.13. The summed E-state index contributed by atoms with van der Waals surface area (Å²) in [6.07, 6.45) is 2.34. The van der Waals surface area contributed by atoms with Crippen molar-refractivity contribution in [3.8, 4) is 0 Å². The van der Waals surface area contributed by atoms with Gasteiger partial charge in [0.25, 0.3) is 0 Å². The van der Waals surface area contributed by atoms with E-state index < -0.39 is 11.6 Å². The zero-order chi connectivity index (χ0) is 20.2. The van der Waals surface area contributed by atoms with Gasteiger partial charge in [-0.15, -0.1) is 0 Å². The van der Waals surface area contributed by atoms with Crippen LogP contribution in [0.25, 0.3) is 0 Å². The minimum absolute atomic E-state index is 0.0377. The lowest BCUT2D eigenvalue weighted by atomic mass is 9.82. The number of nitrogens with two attached hydrogens (primary N) is 1. The third-order valence-electron chi connectivity index (χ3n) is 5.10. The SMILES string of the molecule is CC.Cc1c(F)cc(N)c(Nc2ccc(N3CCC(C)(C)CC3)cc2)c1F. The molecular formula is C22H31F2N3. The molecule has 0 aliphatic carbocycles. The fraction of sp³-hybridized carbons (Fsp3) is 0.455. The summed E-state index contributed by atoms with van der Waals surface area (Å²) in [5.41, 5.74) is 8.19. The third kappa shape index (κ3) is 4.90. The highest BCUT2D eigenvalue weighted by molar-refractivity contribution is 5.74. The molecule has 1 saturated heterocycles. The first-order valence-corrected chi connectivity index (χ1v) is 9.63. The predicted octanol–water partition coefficient (Wildman–Crippen LogP) is 6.25. The molecule has 0 bridgehead atoms. The van der Waals surface area contributed by atoms with Gasteiger partial charge in [-0.25, -0.2) is 8.78 Å². The second kappa shape index (κ2) is 8.59. The highest BCUT2D eigenvalue weighted by Gasteiger charge is 2.25. The number of anilines is 4. The lowest BCUT2D eigenvalue weighted by Crippen LogP contribution is -2.37. The Morgan fingerprint density at radius 2 is 1.59 bits per heavy atom. The highest BCUT2D eigenvalue weighted by atomic mass is 19.1. The molecule has 1 aliphatic rings. The second-order valence-corrected chi connectivity index (χ2v) is 7.58. The Morgan fingerprint density at radius 3 is 2.15 bits per heavy atom. The average molecular weight is 376 g/mol. The van der Waals surface area contributed by atoms with Gasteiger partial charge in [-0.1, -0.05) is 27.7 Å². The van der Waals surface area contributed by atoms with Gasteiger partial charge in [-0.05, 0) is 55.5 Å². The van der Waals surface area contributed by atoms with Crippen molar-refractivity contribution in [2.75, 3.05) is 29.0 Å². The van der Waals surface area contributed by atoms with Crippen molar-refractivity contribution in [3.05, 3.63) is 47.5 Å². The van der Waals surface area contributed by atoms with Crippen molar-refractivity contribution in [2.24, 2.45) is 5.41 Å². The molecule has 3 rings (SSSR count). The molecule has 0 spiro atoms. The molecule has 0 aromatic heterocycles. The fourth-order valence-electron chi connectivity index (χ4n) is 3.13.